The molecule has 9 heteroatoms. The molecular formula is C12H16FN3O4S. The topological polar surface area (TPSA) is 101 Å². The number of rotatable bonds is 6. The summed E-state index contributed by atoms with van der Waals surface area (Å²) in [5, 5.41) is 13.2. The zero-order valence-electron chi connectivity index (χ0n) is 11.6. The van der Waals surface area contributed by atoms with E-state index in [1.807, 2.05) is 6.92 Å². The monoisotopic (exact) mass is 317 g/mol. The maximum atomic E-state index is 14.0. The number of benzene rings is 1. The van der Waals surface area contributed by atoms with E-state index in [0.29, 0.717) is 12.0 Å². The fourth-order valence-electron chi connectivity index (χ4n) is 2.12. The van der Waals surface area contributed by atoms with Crippen molar-refractivity contribution in [3.05, 3.63) is 28.1 Å². The molecule has 0 aliphatic heterocycles. The standard InChI is InChI=1S/C12H16FN3O4S/c1-7-3-8(7)6-15-21(19,20)12-10(13)4-9(16(17)18)5-11(12)14-2/h4-5,7-8,14-15H,3,6H2,1-2H3. The molecule has 1 aromatic rings. The zero-order chi connectivity index (χ0) is 15.8. The summed E-state index contributed by atoms with van der Waals surface area (Å²) in [6, 6.07) is 1.60. The number of nitrogens with one attached hydrogen (secondary N) is 2. The highest BCUT2D eigenvalue weighted by molar-refractivity contribution is 7.89. The minimum Gasteiger partial charge on any atom is -0.387 e. The van der Waals surface area contributed by atoms with E-state index in [2.05, 4.69) is 10.0 Å². The van der Waals surface area contributed by atoms with Gasteiger partial charge in [-0.2, -0.15) is 0 Å². The highest BCUT2D eigenvalue weighted by Gasteiger charge is 2.34. The molecule has 0 amide bonds. The van der Waals surface area contributed by atoms with Gasteiger partial charge in [0, 0.05) is 19.7 Å². The summed E-state index contributed by atoms with van der Waals surface area (Å²) in [6.07, 6.45) is 0.935. The van der Waals surface area contributed by atoms with Crippen molar-refractivity contribution in [2.24, 2.45) is 11.8 Å². The average Bonchev–Trinajstić information content (AvgIpc) is 3.11. The minimum absolute atomic E-state index is 0.141. The van der Waals surface area contributed by atoms with E-state index in [4.69, 9.17) is 0 Å². The van der Waals surface area contributed by atoms with Crippen LogP contribution >= 0.6 is 0 Å². The van der Waals surface area contributed by atoms with Crippen LogP contribution in [0, 0.1) is 27.8 Å². The Labute approximate surface area is 121 Å². The molecule has 0 radical (unpaired) electrons. The summed E-state index contributed by atoms with van der Waals surface area (Å²) < 4.78 is 40.7. The van der Waals surface area contributed by atoms with Gasteiger partial charge in [0.05, 0.1) is 16.7 Å². The molecule has 1 aliphatic rings. The van der Waals surface area contributed by atoms with Crippen LogP contribution in [0.25, 0.3) is 0 Å². The van der Waals surface area contributed by atoms with Crippen molar-refractivity contribution in [1.29, 1.82) is 0 Å². The summed E-state index contributed by atoms with van der Waals surface area (Å²) >= 11 is 0. The number of hydrogen-bond donors (Lipinski definition) is 2. The Morgan fingerprint density at radius 1 is 1.48 bits per heavy atom. The molecule has 2 unspecified atom stereocenters. The first kappa shape index (κ1) is 15.6. The Balaban J connectivity index is 2.34. The van der Waals surface area contributed by atoms with Gasteiger partial charge in [0.25, 0.3) is 5.69 Å². The van der Waals surface area contributed by atoms with Gasteiger partial charge in [0.15, 0.2) is 5.82 Å². The van der Waals surface area contributed by atoms with Crippen molar-refractivity contribution in [2.75, 3.05) is 18.9 Å². The predicted molar refractivity (Wildman–Crippen MR) is 75.1 cm³/mol. The third-order valence-corrected chi connectivity index (χ3v) is 5.09. The first-order valence-electron chi connectivity index (χ1n) is 6.41. The predicted octanol–water partition coefficient (Wildman–Crippen LogP) is 1.71. The summed E-state index contributed by atoms with van der Waals surface area (Å²) in [4.78, 5) is 9.32. The second-order valence-electron chi connectivity index (χ2n) is 5.14. The van der Waals surface area contributed by atoms with Crippen LogP contribution in [0.5, 0.6) is 0 Å². The van der Waals surface area contributed by atoms with E-state index in [-0.39, 0.29) is 18.2 Å². The molecule has 0 heterocycles. The van der Waals surface area contributed by atoms with Crippen molar-refractivity contribution in [3.63, 3.8) is 0 Å². The van der Waals surface area contributed by atoms with Gasteiger partial charge in [-0.05, 0) is 18.3 Å². The Kier molecular flexibility index (Phi) is 4.15. The Bertz CT molecular complexity index is 677. The number of sulfonamides is 1. The Morgan fingerprint density at radius 2 is 2.10 bits per heavy atom. The van der Waals surface area contributed by atoms with Gasteiger partial charge >= 0.3 is 0 Å². The van der Waals surface area contributed by atoms with Crippen molar-refractivity contribution >= 4 is 21.4 Å². The highest BCUT2D eigenvalue weighted by Crippen LogP contribution is 2.37. The third-order valence-electron chi connectivity index (χ3n) is 3.59. The maximum Gasteiger partial charge on any atom is 0.274 e. The molecule has 1 fully saturated rings. The number of hydrogen-bond acceptors (Lipinski definition) is 5. The van der Waals surface area contributed by atoms with Gasteiger partial charge in [-0.3, -0.25) is 10.1 Å². The van der Waals surface area contributed by atoms with Crippen LogP contribution in [0.1, 0.15) is 13.3 Å². The Morgan fingerprint density at radius 3 is 2.57 bits per heavy atom. The molecule has 0 bridgehead atoms. The molecule has 21 heavy (non-hydrogen) atoms. The zero-order valence-corrected chi connectivity index (χ0v) is 12.4. The average molecular weight is 317 g/mol. The normalized spacial score (nSPS) is 21.1. The van der Waals surface area contributed by atoms with Gasteiger partial charge in [-0.1, -0.05) is 6.92 Å². The third kappa shape index (κ3) is 3.30. The fraction of sp³-hybridized carbons (Fsp3) is 0.500. The van der Waals surface area contributed by atoms with E-state index >= 15 is 0 Å². The van der Waals surface area contributed by atoms with E-state index in [1.54, 1.807) is 0 Å². The summed E-state index contributed by atoms with van der Waals surface area (Å²) in [7, 11) is -2.69. The summed E-state index contributed by atoms with van der Waals surface area (Å²) in [5.74, 6) is -0.429. The van der Waals surface area contributed by atoms with Crippen LogP contribution in [0.2, 0.25) is 0 Å². The SMILES string of the molecule is CNc1cc([N+](=O)[O-])cc(F)c1S(=O)(=O)NCC1CC1C. The van der Waals surface area contributed by atoms with Gasteiger partial charge in [0.1, 0.15) is 4.90 Å². The van der Waals surface area contributed by atoms with Gasteiger partial charge in [0.2, 0.25) is 10.0 Å². The molecular weight excluding hydrogens is 301 g/mol. The lowest BCUT2D eigenvalue weighted by Crippen LogP contribution is -2.27. The van der Waals surface area contributed by atoms with E-state index in [9.17, 15) is 22.9 Å². The lowest BCUT2D eigenvalue weighted by Gasteiger charge is -2.12. The smallest absolute Gasteiger partial charge is 0.274 e. The molecule has 0 spiro atoms. The van der Waals surface area contributed by atoms with Crippen LogP contribution in [-0.2, 0) is 10.0 Å². The van der Waals surface area contributed by atoms with E-state index < -0.39 is 31.3 Å². The number of nitrogens with zero attached hydrogens (tertiary/aromatic N) is 1. The van der Waals surface area contributed by atoms with Crippen LogP contribution in [0.3, 0.4) is 0 Å². The van der Waals surface area contributed by atoms with Crippen LogP contribution < -0.4 is 10.0 Å². The molecule has 0 saturated heterocycles. The largest absolute Gasteiger partial charge is 0.387 e. The van der Waals surface area contributed by atoms with Crippen molar-refractivity contribution in [2.45, 2.75) is 18.2 Å². The first-order chi connectivity index (χ1) is 9.76. The second-order valence-corrected chi connectivity index (χ2v) is 6.84. The molecule has 2 rings (SSSR count). The number of halogens is 1. The fourth-order valence-corrected chi connectivity index (χ4v) is 3.46. The second kappa shape index (κ2) is 5.57. The van der Waals surface area contributed by atoms with Crippen molar-refractivity contribution < 1.29 is 17.7 Å². The minimum atomic E-state index is -4.06. The number of nitro benzene ring substituents is 1. The molecule has 2 N–H and O–H groups in total. The van der Waals surface area contributed by atoms with Gasteiger partial charge < -0.3 is 5.32 Å². The van der Waals surface area contributed by atoms with E-state index in [1.165, 1.54) is 7.05 Å². The molecule has 0 aromatic heterocycles. The molecule has 1 aromatic carbocycles. The van der Waals surface area contributed by atoms with E-state index in [0.717, 1.165) is 12.5 Å². The lowest BCUT2D eigenvalue weighted by molar-refractivity contribution is -0.385. The first-order valence-corrected chi connectivity index (χ1v) is 7.90. The summed E-state index contributed by atoms with van der Waals surface area (Å²) in [5.41, 5.74) is -0.648. The molecule has 1 saturated carbocycles. The van der Waals surface area contributed by atoms with Gasteiger partial charge in [-0.15, -0.1) is 0 Å². The van der Waals surface area contributed by atoms with Crippen molar-refractivity contribution in [3.8, 4) is 0 Å². The molecule has 2 atom stereocenters. The quantitative estimate of drug-likeness (QED) is 0.614. The van der Waals surface area contributed by atoms with Crippen LogP contribution in [0.4, 0.5) is 15.8 Å². The van der Waals surface area contributed by atoms with Crippen molar-refractivity contribution in [1.82, 2.24) is 4.72 Å². The maximum absolute atomic E-state index is 14.0. The number of nitro groups is 1. The molecule has 116 valence electrons. The van der Waals surface area contributed by atoms with Crippen LogP contribution in [-0.4, -0.2) is 26.9 Å². The Hall–Kier alpha value is -1.74. The molecule has 1 aliphatic carbocycles. The number of non-ortho nitro benzene ring substituents is 1. The number of anilines is 1. The molecule has 7 nitrogen and oxygen atoms in total. The lowest BCUT2D eigenvalue weighted by atomic mass is 10.2. The summed E-state index contributed by atoms with van der Waals surface area (Å²) in [6.45, 7) is 2.24. The highest BCUT2D eigenvalue weighted by atomic mass is 32.2. The van der Waals surface area contributed by atoms with Crippen LogP contribution in [0.15, 0.2) is 17.0 Å². The van der Waals surface area contributed by atoms with Gasteiger partial charge in [-0.25, -0.2) is 17.5 Å².